The van der Waals surface area contributed by atoms with Crippen LogP contribution in [0.15, 0.2) is 28.7 Å². The maximum Gasteiger partial charge on any atom is 0.205 e. The van der Waals surface area contributed by atoms with Crippen LogP contribution >= 0.6 is 27.3 Å². The molecule has 0 spiro atoms. The van der Waals surface area contributed by atoms with Gasteiger partial charge in [0.05, 0.1) is 12.0 Å². The fourth-order valence-corrected chi connectivity index (χ4v) is 3.05. The van der Waals surface area contributed by atoms with E-state index >= 15 is 0 Å². The molecule has 0 bridgehead atoms. The molecule has 0 fully saturated rings. The largest absolute Gasteiger partial charge is 0.497 e. The Morgan fingerprint density at radius 3 is 2.67 bits per heavy atom. The summed E-state index contributed by atoms with van der Waals surface area (Å²) in [5, 5.41) is 0. The number of ketones is 1. The molecule has 0 saturated heterocycles. The van der Waals surface area contributed by atoms with Crippen molar-refractivity contribution < 1.29 is 9.53 Å². The van der Waals surface area contributed by atoms with Gasteiger partial charge in [-0.25, -0.2) is 0 Å². The molecule has 0 aliphatic heterocycles. The first kappa shape index (κ1) is 13.1. The number of thiophene rings is 1. The molecule has 0 saturated carbocycles. The molecule has 1 aromatic carbocycles. The molecule has 0 aliphatic carbocycles. The van der Waals surface area contributed by atoms with Gasteiger partial charge in [-0.05, 0) is 47.1 Å². The number of halogens is 1. The zero-order valence-electron chi connectivity index (χ0n) is 9.99. The van der Waals surface area contributed by atoms with Crippen LogP contribution < -0.4 is 10.5 Å². The Kier molecular flexibility index (Phi) is 3.73. The van der Waals surface area contributed by atoms with Gasteiger partial charge >= 0.3 is 0 Å². The Balaban J connectivity index is 2.45. The van der Waals surface area contributed by atoms with Gasteiger partial charge in [0.15, 0.2) is 0 Å². The Labute approximate surface area is 118 Å². The van der Waals surface area contributed by atoms with Crippen molar-refractivity contribution in [3.05, 3.63) is 44.1 Å². The summed E-state index contributed by atoms with van der Waals surface area (Å²) in [5.41, 5.74) is 6.78. The number of hydrogen-bond donors (Lipinski definition) is 1. The lowest BCUT2D eigenvalue weighted by molar-refractivity contribution is 0.104. The summed E-state index contributed by atoms with van der Waals surface area (Å²) >= 11 is 4.85. The van der Waals surface area contributed by atoms with E-state index in [9.17, 15) is 4.79 Å². The maximum atomic E-state index is 12.4. The van der Waals surface area contributed by atoms with Crippen LogP contribution in [0.2, 0.25) is 0 Å². The van der Waals surface area contributed by atoms with E-state index in [0.717, 1.165) is 9.35 Å². The lowest BCUT2D eigenvalue weighted by Gasteiger charge is -2.06. The number of nitrogen functional groups attached to an aromatic ring is 1. The van der Waals surface area contributed by atoms with Gasteiger partial charge in [-0.3, -0.25) is 4.79 Å². The molecule has 0 amide bonds. The summed E-state index contributed by atoms with van der Waals surface area (Å²) in [7, 11) is 1.56. The van der Waals surface area contributed by atoms with E-state index < -0.39 is 0 Å². The predicted molar refractivity (Wildman–Crippen MR) is 77.6 cm³/mol. The predicted octanol–water partition coefficient (Wildman–Crippen LogP) is 3.64. The van der Waals surface area contributed by atoms with Crippen molar-refractivity contribution in [3.8, 4) is 5.75 Å². The standard InChI is InChI=1S/C13H12BrNO2S/c1-7-10(14)6-12(18-7)13(16)9-5-8(17-2)3-4-11(9)15/h3-6H,15H2,1-2H3. The first-order chi connectivity index (χ1) is 8.52. The minimum atomic E-state index is -0.0785. The highest BCUT2D eigenvalue weighted by Crippen LogP contribution is 2.30. The highest BCUT2D eigenvalue weighted by molar-refractivity contribution is 9.10. The highest BCUT2D eigenvalue weighted by Gasteiger charge is 2.16. The molecular weight excluding hydrogens is 314 g/mol. The summed E-state index contributed by atoms with van der Waals surface area (Å²) in [4.78, 5) is 14.1. The molecule has 18 heavy (non-hydrogen) atoms. The minimum Gasteiger partial charge on any atom is -0.497 e. The number of methoxy groups -OCH3 is 1. The molecule has 2 aromatic rings. The highest BCUT2D eigenvalue weighted by atomic mass is 79.9. The van der Waals surface area contributed by atoms with Gasteiger partial charge in [-0.2, -0.15) is 0 Å². The molecule has 2 N–H and O–H groups in total. The molecule has 5 heteroatoms. The zero-order valence-corrected chi connectivity index (χ0v) is 12.4. The smallest absolute Gasteiger partial charge is 0.205 e. The van der Waals surface area contributed by atoms with Gasteiger partial charge in [0.25, 0.3) is 0 Å². The summed E-state index contributed by atoms with van der Waals surface area (Å²) in [6.45, 7) is 1.96. The van der Waals surface area contributed by atoms with Gasteiger partial charge < -0.3 is 10.5 Å². The van der Waals surface area contributed by atoms with E-state index in [1.54, 1.807) is 25.3 Å². The Morgan fingerprint density at radius 1 is 1.39 bits per heavy atom. The summed E-state index contributed by atoms with van der Waals surface area (Å²) in [6.07, 6.45) is 0. The lowest BCUT2D eigenvalue weighted by atomic mass is 10.1. The number of anilines is 1. The van der Waals surface area contributed by atoms with Crippen LogP contribution in [0.3, 0.4) is 0 Å². The number of aryl methyl sites for hydroxylation is 1. The maximum absolute atomic E-state index is 12.4. The van der Waals surface area contributed by atoms with Gasteiger partial charge in [0.2, 0.25) is 5.78 Å². The summed E-state index contributed by atoms with van der Waals surface area (Å²) < 4.78 is 6.05. The third-order valence-corrected chi connectivity index (χ3v) is 4.72. The number of ether oxygens (including phenoxy) is 1. The minimum absolute atomic E-state index is 0.0785. The topological polar surface area (TPSA) is 52.3 Å². The monoisotopic (exact) mass is 325 g/mol. The average molecular weight is 326 g/mol. The number of benzene rings is 1. The average Bonchev–Trinajstić information content (AvgIpc) is 2.69. The van der Waals surface area contributed by atoms with Crippen molar-refractivity contribution >= 4 is 38.7 Å². The Hall–Kier alpha value is -1.33. The van der Waals surface area contributed by atoms with Crippen LogP contribution in [-0.2, 0) is 0 Å². The van der Waals surface area contributed by atoms with Crippen molar-refractivity contribution in [2.45, 2.75) is 6.92 Å². The van der Waals surface area contributed by atoms with Crippen molar-refractivity contribution in [1.29, 1.82) is 0 Å². The summed E-state index contributed by atoms with van der Waals surface area (Å²) in [6, 6.07) is 6.91. The fraction of sp³-hybridized carbons (Fsp3) is 0.154. The lowest BCUT2D eigenvalue weighted by Crippen LogP contribution is -2.04. The van der Waals surface area contributed by atoms with Crippen molar-refractivity contribution in [2.24, 2.45) is 0 Å². The molecular formula is C13H12BrNO2S. The fourth-order valence-electron chi connectivity index (χ4n) is 1.56. The molecule has 0 aliphatic rings. The van der Waals surface area contributed by atoms with Crippen molar-refractivity contribution in [2.75, 3.05) is 12.8 Å². The molecule has 2 rings (SSSR count). The number of carbonyl (C=O) groups excluding carboxylic acids is 1. The quantitative estimate of drug-likeness (QED) is 0.692. The van der Waals surface area contributed by atoms with Crippen molar-refractivity contribution in [3.63, 3.8) is 0 Å². The SMILES string of the molecule is COc1ccc(N)c(C(=O)c2cc(Br)c(C)s2)c1. The third-order valence-electron chi connectivity index (χ3n) is 2.59. The first-order valence-electron chi connectivity index (χ1n) is 5.27. The number of rotatable bonds is 3. The van der Waals surface area contributed by atoms with E-state index in [1.807, 2.05) is 13.0 Å². The second-order valence-corrected chi connectivity index (χ2v) is 5.91. The van der Waals surface area contributed by atoms with E-state index in [2.05, 4.69) is 15.9 Å². The molecule has 1 aromatic heterocycles. The normalized spacial score (nSPS) is 10.4. The van der Waals surface area contributed by atoms with E-state index in [4.69, 9.17) is 10.5 Å². The summed E-state index contributed by atoms with van der Waals surface area (Å²) in [5.74, 6) is 0.546. The van der Waals surface area contributed by atoms with Gasteiger partial charge in [0.1, 0.15) is 5.75 Å². The Bertz CT molecular complexity index is 588. The first-order valence-corrected chi connectivity index (χ1v) is 6.88. The van der Waals surface area contributed by atoms with E-state index in [-0.39, 0.29) is 5.78 Å². The van der Waals surface area contributed by atoms with Gasteiger partial charge in [-0.1, -0.05) is 0 Å². The van der Waals surface area contributed by atoms with Crippen LogP contribution in [0.4, 0.5) is 5.69 Å². The molecule has 0 unspecified atom stereocenters. The van der Waals surface area contributed by atoms with Crippen LogP contribution in [0.1, 0.15) is 20.1 Å². The molecule has 1 heterocycles. The molecule has 0 radical (unpaired) electrons. The van der Waals surface area contributed by atoms with Gasteiger partial charge in [-0.15, -0.1) is 11.3 Å². The second-order valence-electron chi connectivity index (χ2n) is 3.80. The number of carbonyl (C=O) groups is 1. The van der Waals surface area contributed by atoms with E-state index in [1.165, 1.54) is 11.3 Å². The zero-order chi connectivity index (χ0) is 13.3. The molecule has 94 valence electrons. The third kappa shape index (κ3) is 2.42. The Morgan fingerprint density at radius 2 is 2.11 bits per heavy atom. The van der Waals surface area contributed by atoms with Crippen molar-refractivity contribution in [1.82, 2.24) is 0 Å². The van der Waals surface area contributed by atoms with E-state index in [0.29, 0.717) is 21.9 Å². The van der Waals surface area contributed by atoms with Crippen LogP contribution in [0.5, 0.6) is 5.75 Å². The van der Waals surface area contributed by atoms with Crippen LogP contribution in [0.25, 0.3) is 0 Å². The molecule has 0 atom stereocenters. The molecule has 3 nitrogen and oxygen atoms in total. The number of hydrogen-bond acceptors (Lipinski definition) is 4. The van der Waals surface area contributed by atoms with Crippen LogP contribution in [0, 0.1) is 6.92 Å². The number of nitrogens with two attached hydrogens (primary N) is 1. The van der Waals surface area contributed by atoms with Crippen LogP contribution in [-0.4, -0.2) is 12.9 Å². The van der Waals surface area contributed by atoms with Gasteiger partial charge in [0, 0.05) is 20.6 Å². The second kappa shape index (κ2) is 5.12.